The number of nitrogens with one attached hydrogen (secondary N) is 1. The number of carbonyl (C=O) groups excluding carboxylic acids is 1. The fourth-order valence-electron chi connectivity index (χ4n) is 2.34. The van der Waals surface area contributed by atoms with Crippen LogP contribution in [0.15, 0.2) is 30.2 Å². The van der Waals surface area contributed by atoms with Gasteiger partial charge in [0.25, 0.3) is 5.91 Å². The number of nitrogens with zero attached hydrogens (tertiary/aromatic N) is 1. The summed E-state index contributed by atoms with van der Waals surface area (Å²) in [5, 5.41) is 1.69. The van der Waals surface area contributed by atoms with Gasteiger partial charge < -0.3 is 4.90 Å². The van der Waals surface area contributed by atoms with Crippen LogP contribution in [0.5, 0.6) is 0 Å². The van der Waals surface area contributed by atoms with Gasteiger partial charge >= 0.3 is 0 Å². The molecule has 1 aromatic carbocycles. The number of hydrogen-bond acceptors (Lipinski definition) is 3. The molecule has 0 spiro atoms. The van der Waals surface area contributed by atoms with Crippen LogP contribution in [0.3, 0.4) is 0 Å². The highest BCUT2D eigenvalue weighted by atomic mass is 35.5. The van der Waals surface area contributed by atoms with Crippen LogP contribution in [-0.2, 0) is 10.0 Å². The van der Waals surface area contributed by atoms with E-state index in [0.717, 1.165) is 11.8 Å². The molecular weight excluding hydrogens is 347 g/mol. The van der Waals surface area contributed by atoms with Crippen molar-refractivity contribution in [2.24, 2.45) is 5.92 Å². The number of halogens is 2. The van der Waals surface area contributed by atoms with Gasteiger partial charge in [-0.1, -0.05) is 29.8 Å². The Morgan fingerprint density at radius 1 is 1.36 bits per heavy atom. The maximum absolute atomic E-state index is 12.4. The lowest BCUT2D eigenvalue weighted by Gasteiger charge is -2.17. The van der Waals surface area contributed by atoms with E-state index in [-0.39, 0.29) is 18.4 Å². The van der Waals surface area contributed by atoms with E-state index < -0.39 is 10.0 Å². The van der Waals surface area contributed by atoms with E-state index in [1.807, 2.05) is 0 Å². The molecule has 1 saturated heterocycles. The molecule has 0 aromatic heterocycles. The number of sulfonamides is 1. The maximum Gasteiger partial charge on any atom is 0.253 e. The molecule has 0 saturated carbocycles. The van der Waals surface area contributed by atoms with Crippen LogP contribution in [0, 0.1) is 5.92 Å². The predicted octanol–water partition coefficient (Wildman–Crippen LogP) is 2.52. The zero-order valence-electron chi connectivity index (χ0n) is 11.8. The molecule has 1 N–H and O–H groups in total. The highest BCUT2D eigenvalue weighted by Gasteiger charge is 2.27. The van der Waals surface area contributed by atoms with Crippen molar-refractivity contribution in [3.8, 4) is 0 Å². The highest BCUT2D eigenvalue weighted by molar-refractivity contribution is 7.92. The molecule has 1 amide bonds. The van der Waals surface area contributed by atoms with Crippen molar-refractivity contribution in [1.29, 1.82) is 0 Å². The van der Waals surface area contributed by atoms with Crippen molar-refractivity contribution in [1.82, 2.24) is 9.62 Å². The summed E-state index contributed by atoms with van der Waals surface area (Å²) in [5.74, 6) is -0.0770. The predicted molar refractivity (Wildman–Crippen MR) is 87.6 cm³/mol. The average molecular weight is 363 g/mol. The second-order valence-corrected chi connectivity index (χ2v) is 7.71. The molecule has 1 fully saturated rings. The van der Waals surface area contributed by atoms with Crippen molar-refractivity contribution in [2.45, 2.75) is 6.42 Å². The zero-order chi connectivity index (χ0) is 16.3. The molecule has 1 atom stereocenters. The van der Waals surface area contributed by atoms with Crippen LogP contribution in [-0.4, -0.2) is 38.9 Å². The molecule has 1 aliphatic heterocycles. The summed E-state index contributed by atoms with van der Waals surface area (Å²) in [6.45, 7) is 4.58. The first kappa shape index (κ1) is 17.3. The van der Waals surface area contributed by atoms with Gasteiger partial charge in [0.2, 0.25) is 10.0 Å². The lowest BCUT2D eigenvalue weighted by Crippen LogP contribution is -2.32. The Morgan fingerprint density at radius 2 is 2.00 bits per heavy atom. The normalized spacial score (nSPS) is 18.5. The van der Waals surface area contributed by atoms with Gasteiger partial charge in [-0.15, -0.1) is 0 Å². The molecular formula is C14H16Cl2N2O3S. The first-order chi connectivity index (χ1) is 10.3. The van der Waals surface area contributed by atoms with Gasteiger partial charge in [0.1, 0.15) is 0 Å². The van der Waals surface area contributed by atoms with Crippen LogP contribution in [0.4, 0.5) is 0 Å². The van der Waals surface area contributed by atoms with Gasteiger partial charge in [0, 0.05) is 40.7 Å². The standard InChI is InChI=1S/C14H16Cl2N2O3S/c1-2-22(20,21)17-8-10-3-4-18(9-10)14(19)11-5-12(15)7-13(16)6-11/h2,5-7,10,17H,1,3-4,8-9H2/t10-/m1/s1. The third kappa shape index (κ3) is 4.46. The third-order valence-corrected chi connectivity index (χ3v) is 4.92. The summed E-state index contributed by atoms with van der Waals surface area (Å²) in [4.78, 5) is 14.1. The summed E-state index contributed by atoms with van der Waals surface area (Å²) in [6.07, 6.45) is 0.736. The summed E-state index contributed by atoms with van der Waals surface area (Å²) in [6, 6.07) is 4.71. The molecule has 1 aromatic rings. The largest absolute Gasteiger partial charge is 0.338 e. The summed E-state index contributed by atoms with van der Waals surface area (Å²) >= 11 is 11.8. The lowest BCUT2D eigenvalue weighted by molar-refractivity contribution is 0.0787. The van der Waals surface area contributed by atoms with Crippen molar-refractivity contribution in [2.75, 3.05) is 19.6 Å². The molecule has 8 heteroatoms. The molecule has 0 unspecified atom stereocenters. The van der Waals surface area contributed by atoms with E-state index in [0.29, 0.717) is 28.7 Å². The highest BCUT2D eigenvalue weighted by Crippen LogP contribution is 2.23. The van der Waals surface area contributed by atoms with Gasteiger partial charge in [-0.25, -0.2) is 13.1 Å². The first-order valence-electron chi connectivity index (χ1n) is 6.68. The van der Waals surface area contributed by atoms with E-state index in [2.05, 4.69) is 11.3 Å². The monoisotopic (exact) mass is 362 g/mol. The van der Waals surface area contributed by atoms with Crippen LogP contribution in [0.2, 0.25) is 10.0 Å². The van der Waals surface area contributed by atoms with E-state index >= 15 is 0 Å². The quantitative estimate of drug-likeness (QED) is 0.874. The van der Waals surface area contributed by atoms with Gasteiger partial charge in [-0.2, -0.15) is 0 Å². The molecule has 1 heterocycles. The number of carbonyl (C=O) groups is 1. The fourth-order valence-corrected chi connectivity index (χ4v) is 3.45. The maximum atomic E-state index is 12.4. The van der Waals surface area contributed by atoms with Crippen LogP contribution >= 0.6 is 23.2 Å². The molecule has 22 heavy (non-hydrogen) atoms. The topological polar surface area (TPSA) is 66.5 Å². The molecule has 0 aliphatic carbocycles. The van der Waals surface area contributed by atoms with E-state index in [1.54, 1.807) is 23.1 Å². The minimum absolute atomic E-state index is 0.0772. The van der Waals surface area contributed by atoms with E-state index in [9.17, 15) is 13.2 Å². The van der Waals surface area contributed by atoms with Crippen LogP contribution < -0.4 is 4.72 Å². The van der Waals surface area contributed by atoms with Gasteiger partial charge in [0.15, 0.2) is 0 Å². The Morgan fingerprint density at radius 3 is 2.59 bits per heavy atom. The number of benzene rings is 1. The average Bonchev–Trinajstić information content (AvgIpc) is 2.92. The Hall–Kier alpha value is -1.08. The Bertz CT molecular complexity index is 671. The smallest absolute Gasteiger partial charge is 0.253 e. The Kier molecular flexibility index (Phi) is 5.50. The first-order valence-corrected chi connectivity index (χ1v) is 8.98. The SMILES string of the molecule is C=CS(=O)(=O)NC[C@H]1CCN(C(=O)c2cc(Cl)cc(Cl)c2)C1. The van der Waals surface area contributed by atoms with Crippen molar-refractivity contribution in [3.05, 3.63) is 45.8 Å². The Labute approximate surface area is 139 Å². The summed E-state index contributed by atoms with van der Waals surface area (Å²) < 4.78 is 25.1. The van der Waals surface area contributed by atoms with Crippen molar-refractivity contribution >= 4 is 39.1 Å². The molecule has 0 bridgehead atoms. The van der Waals surface area contributed by atoms with Crippen molar-refractivity contribution in [3.63, 3.8) is 0 Å². The van der Waals surface area contributed by atoms with Gasteiger partial charge in [-0.3, -0.25) is 4.79 Å². The number of likely N-dealkylation sites (tertiary alicyclic amines) is 1. The van der Waals surface area contributed by atoms with Crippen molar-refractivity contribution < 1.29 is 13.2 Å². The van der Waals surface area contributed by atoms with E-state index in [4.69, 9.17) is 23.2 Å². The lowest BCUT2D eigenvalue weighted by atomic mass is 10.1. The molecule has 2 rings (SSSR count). The second-order valence-electron chi connectivity index (χ2n) is 5.12. The van der Waals surface area contributed by atoms with Crippen LogP contribution in [0.1, 0.15) is 16.8 Å². The molecule has 5 nitrogen and oxygen atoms in total. The third-order valence-electron chi connectivity index (χ3n) is 3.48. The minimum Gasteiger partial charge on any atom is -0.338 e. The number of rotatable bonds is 5. The zero-order valence-corrected chi connectivity index (χ0v) is 14.1. The number of amides is 1. The minimum atomic E-state index is -3.43. The van der Waals surface area contributed by atoms with Gasteiger partial charge in [-0.05, 0) is 30.5 Å². The second kappa shape index (κ2) is 7.00. The summed E-state index contributed by atoms with van der Waals surface area (Å²) in [7, 11) is -3.43. The molecule has 0 radical (unpaired) electrons. The summed E-state index contributed by atoms with van der Waals surface area (Å²) in [5.41, 5.74) is 0.435. The molecule has 120 valence electrons. The Balaban J connectivity index is 1.98. The van der Waals surface area contributed by atoms with Gasteiger partial charge in [0.05, 0.1) is 0 Å². The fraction of sp³-hybridized carbons (Fsp3) is 0.357. The van der Waals surface area contributed by atoms with E-state index in [1.165, 1.54) is 0 Å². The molecule has 1 aliphatic rings. The van der Waals surface area contributed by atoms with Crippen LogP contribution in [0.25, 0.3) is 0 Å². The number of hydrogen-bond donors (Lipinski definition) is 1.